The Labute approximate surface area is 198 Å². The predicted octanol–water partition coefficient (Wildman–Crippen LogP) is 2.34. The minimum absolute atomic E-state index is 0.134. The highest BCUT2D eigenvalue weighted by atomic mass is 32.2. The predicted molar refractivity (Wildman–Crippen MR) is 124 cm³/mol. The van der Waals surface area contributed by atoms with Gasteiger partial charge in [0.05, 0.1) is 64.4 Å². The molecule has 1 N–H and O–H groups in total. The monoisotopic (exact) mass is 492 g/mol. The molecular formula is C23H40O9S. The van der Waals surface area contributed by atoms with Crippen LogP contribution >= 0.6 is 0 Å². The molecule has 192 valence electrons. The minimum atomic E-state index is -3.69. The molecule has 1 rings (SSSR count). The second-order valence-corrected chi connectivity index (χ2v) is 8.90. The van der Waals surface area contributed by atoms with E-state index < -0.39 is 10.1 Å². The number of aliphatic hydroxyl groups excluding tert-OH is 1. The van der Waals surface area contributed by atoms with Crippen LogP contribution in [0.25, 0.3) is 0 Å². The number of benzene rings is 1. The summed E-state index contributed by atoms with van der Waals surface area (Å²) in [6.07, 6.45) is 2.93. The van der Waals surface area contributed by atoms with E-state index >= 15 is 0 Å². The summed E-state index contributed by atoms with van der Waals surface area (Å²) in [5.41, 5.74) is 0.997. The Kier molecular flexibility index (Phi) is 18.4. The quantitative estimate of drug-likeness (QED) is 0.182. The van der Waals surface area contributed by atoms with Gasteiger partial charge in [-0.25, -0.2) is 0 Å². The number of rotatable bonds is 23. The molecule has 0 saturated heterocycles. The summed E-state index contributed by atoms with van der Waals surface area (Å²) in [6.45, 7) is 7.45. The van der Waals surface area contributed by atoms with Crippen molar-refractivity contribution >= 4 is 10.1 Å². The third-order valence-electron chi connectivity index (χ3n) is 4.42. The maximum atomic E-state index is 12.0. The highest BCUT2D eigenvalue weighted by Crippen LogP contribution is 2.13. The first kappa shape index (κ1) is 29.9. The average Bonchev–Trinajstić information content (AvgIpc) is 2.80. The van der Waals surface area contributed by atoms with E-state index in [1.165, 1.54) is 0 Å². The number of unbranched alkanes of at least 4 members (excludes halogenated alkanes) is 2. The standard InChI is InChI=1S/C23H40O9S/c1-22-6-8-23(9-7-22)33(25,26)32-13-5-4-12-28-15-17-30-19-21-31-20-18-29-16-14-27-11-3-2-10-24/h6-9,24H,2-5,10-21H2,1H3. The molecule has 1 aromatic rings. The molecule has 0 aliphatic heterocycles. The average molecular weight is 493 g/mol. The van der Waals surface area contributed by atoms with Crippen molar-refractivity contribution in [2.45, 2.75) is 37.5 Å². The van der Waals surface area contributed by atoms with Crippen molar-refractivity contribution in [2.75, 3.05) is 79.3 Å². The lowest BCUT2D eigenvalue weighted by molar-refractivity contribution is -0.0116. The maximum absolute atomic E-state index is 12.0. The second kappa shape index (κ2) is 20.3. The normalized spacial score (nSPS) is 11.8. The van der Waals surface area contributed by atoms with E-state index in [1.807, 2.05) is 6.92 Å². The van der Waals surface area contributed by atoms with Crippen molar-refractivity contribution in [3.8, 4) is 0 Å². The molecule has 0 heterocycles. The molecule has 0 amide bonds. The Morgan fingerprint density at radius 2 is 1.00 bits per heavy atom. The fourth-order valence-electron chi connectivity index (χ4n) is 2.55. The van der Waals surface area contributed by atoms with Gasteiger partial charge in [-0.05, 0) is 44.7 Å². The first-order chi connectivity index (χ1) is 16.1. The zero-order chi connectivity index (χ0) is 24.0. The molecule has 0 aromatic heterocycles. The summed E-state index contributed by atoms with van der Waals surface area (Å²) in [7, 11) is -3.69. The Hall–Kier alpha value is -1.11. The van der Waals surface area contributed by atoms with Crippen molar-refractivity contribution in [3.63, 3.8) is 0 Å². The number of aliphatic hydroxyl groups is 1. The van der Waals surface area contributed by atoms with Crippen LogP contribution in [0.5, 0.6) is 0 Å². The molecule has 33 heavy (non-hydrogen) atoms. The molecule has 0 saturated carbocycles. The Balaban J connectivity index is 1.79. The fraction of sp³-hybridized carbons (Fsp3) is 0.739. The summed E-state index contributed by atoms with van der Waals surface area (Å²) in [4.78, 5) is 0.175. The Morgan fingerprint density at radius 3 is 1.45 bits per heavy atom. The SMILES string of the molecule is Cc1ccc(S(=O)(=O)OCCCCOCCOCCOCCOCCOCCCCO)cc1. The number of aryl methyl sites for hydroxylation is 1. The molecule has 0 bridgehead atoms. The smallest absolute Gasteiger partial charge is 0.296 e. The maximum Gasteiger partial charge on any atom is 0.296 e. The van der Waals surface area contributed by atoms with E-state index in [4.69, 9.17) is 33.0 Å². The van der Waals surface area contributed by atoms with E-state index in [2.05, 4.69) is 0 Å². The minimum Gasteiger partial charge on any atom is -0.396 e. The van der Waals surface area contributed by atoms with Crippen LogP contribution in [0.1, 0.15) is 31.2 Å². The van der Waals surface area contributed by atoms with Gasteiger partial charge in [0.1, 0.15) is 0 Å². The number of hydrogen-bond donors (Lipinski definition) is 1. The van der Waals surface area contributed by atoms with E-state index in [1.54, 1.807) is 24.3 Å². The summed E-state index contributed by atoms with van der Waals surface area (Å²) in [6, 6.07) is 6.59. The molecule has 10 heteroatoms. The van der Waals surface area contributed by atoms with Crippen molar-refractivity contribution in [1.29, 1.82) is 0 Å². The van der Waals surface area contributed by atoms with Crippen LogP contribution < -0.4 is 0 Å². The Bertz CT molecular complexity index is 665. The fourth-order valence-corrected chi connectivity index (χ4v) is 3.49. The van der Waals surface area contributed by atoms with Gasteiger partial charge in [-0.1, -0.05) is 17.7 Å². The lowest BCUT2D eigenvalue weighted by Gasteiger charge is -2.08. The highest BCUT2D eigenvalue weighted by molar-refractivity contribution is 7.86. The topological polar surface area (TPSA) is 110 Å². The van der Waals surface area contributed by atoms with Gasteiger partial charge in [0, 0.05) is 19.8 Å². The molecule has 0 radical (unpaired) electrons. The van der Waals surface area contributed by atoms with Gasteiger partial charge in [0.2, 0.25) is 0 Å². The lowest BCUT2D eigenvalue weighted by atomic mass is 10.2. The molecule has 0 aliphatic carbocycles. The van der Waals surface area contributed by atoms with Gasteiger partial charge in [0.15, 0.2) is 0 Å². The lowest BCUT2D eigenvalue weighted by Crippen LogP contribution is -2.13. The van der Waals surface area contributed by atoms with Crippen molar-refractivity contribution in [2.24, 2.45) is 0 Å². The summed E-state index contributed by atoms with van der Waals surface area (Å²) < 4.78 is 56.2. The first-order valence-corrected chi connectivity index (χ1v) is 12.9. The van der Waals surface area contributed by atoms with Crippen LogP contribution in [0, 0.1) is 6.92 Å². The largest absolute Gasteiger partial charge is 0.396 e. The van der Waals surface area contributed by atoms with Gasteiger partial charge in [-0.3, -0.25) is 4.18 Å². The van der Waals surface area contributed by atoms with Gasteiger partial charge in [0.25, 0.3) is 10.1 Å². The molecule has 0 spiro atoms. The molecule has 9 nitrogen and oxygen atoms in total. The third-order valence-corrected chi connectivity index (χ3v) is 5.74. The first-order valence-electron chi connectivity index (χ1n) is 11.5. The van der Waals surface area contributed by atoms with Crippen LogP contribution in [0.3, 0.4) is 0 Å². The van der Waals surface area contributed by atoms with Gasteiger partial charge < -0.3 is 28.8 Å². The molecule has 0 unspecified atom stereocenters. The van der Waals surface area contributed by atoms with Crippen molar-refractivity contribution in [3.05, 3.63) is 29.8 Å². The van der Waals surface area contributed by atoms with E-state index in [-0.39, 0.29) is 18.1 Å². The van der Waals surface area contributed by atoms with Crippen LogP contribution in [0.15, 0.2) is 29.2 Å². The van der Waals surface area contributed by atoms with Gasteiger partial charge in [-0.2, -0.15) is 8.42 Å². The number of hydrogen-bond acceptors (Lipinski definition) is 9. The number of ether oxygens (including phenoxy) is 5. The zero-order valence-electron chi connectivity index (χ0n) is 19.7. The summed E-state index contributed by atoms with van der Waals surface area (Å²) in [5, 5.41) is 8.64. The van der Waals surface area contributed by atoms with Crippen molar-refractivity contribution < 1.29 is 41.4 Å². The van der Waals surface area contributed by atoms with E-state index in [0.717, 1.165) is 18.4 Å². The van der Waals surface area contributed by atoms with Crippen LogP contribution in [-0.2, 0) is 38.0 Å². The van der Waals surface area contributed by atoms with Crippen LogP contribution in [0.2, 0.25) is 0 Å². The molecular weight excluding hydrogens is 452 g/mol. The third kappa shape index (κ3) is 17.0. The molecule has 0 aliphatic rings. The Morgan fingerprint density at radius 1 is 0.606 bits per heavy atom. The van der Waals surface area contributed by atoms with Crippen LogP contribution in [-0.4, -0.2) is 92.8 Å². The van der Waals surface area contributed by atoms with E-state index in [9.17, 15) is 8.42 Å². The summed E-state index contributed by atoms with van der Waals surface area (Å²) >= 11 is 0. The van der Waals surface area contributed by atoms with E-state index in [0.29, 0.717) is 78.9 Å². The highest BCUT2D eigenvalue weighted by Gasteiger charge is 2.14. The van der Waals surface area contributed by atoms with Gasteiger partial charge in [-0.15, -0.1) is 0 Å². The van der Waals surface area contributed by atoms with Gasteiger partial charge >= 0.3 is 0 Å². The molecule has 1 aromatic carbocycles. The van der Waals surface area contributed by atoms with Crippen LogP contribution in [0.4, 0.5) is 0 Å². The molecule has 0 fully saturated rings. The second-order valence-electron chi connectivity index (χ2n) is 7.29. The van der Waals surface area contributed by atoms with Crippen molar-refractivity contribution in [1.82, 2.24) is 0 Å². The summed E-state index contributed by atoms with van der Waals surface area (Å²) in [5.74, 6) is 0. The zero-order valence-corrected chi connectivity index (χ0v) is 20.6. The molecule has 0 atom stereocenters.